The molecule has 0 heterocycles. The summed E-state index contributed by atoms with van der Waals surface area (Å²) in [6, 6.07) is 7.04. The van der Waals surface area contributed by atoms with Crippen LogP contribution in [0.4, 0.5) is 0 Å². The molecule has 1 rings (SSSR count). The van der Waals surface area contributed by atoms with Crippen molar-refractivity contribution >= 4 is 6.29 Å². The van der Waals surface area contributed by atoms with Crippen LogP contribution in [0.25, 0.3) is 0 Å². The standard InChI is InChI=1S/C12H14O2/c1-3-10(2)9-14-12-6-4-11(8-13)5-7-12/h4-8H,2-3,9H2,1H3. The number of ether oxygens (including phenoxy) is 1. The van der Waals surface area contributed by atoms with Crippen molar-refractivity contribution in [3.05, 3.63) is 42.0 Å². The molecule has 0 atom stereocenters. The molecule has 0 fully saturated rings. The first-order chi connectivity index (χ1) is 6.76. The molecule has 0 saturated heterocycles. The second-order valence-corrected chi connectivity index (χ2v) is 3.08. The Hall–Kier alpha value is -1.57. The molecule has 2 heteroatoms. The summed E-state index contributed by atoms with van der Waals surface area (Å²) in [5.41, 5.74) is 1.72. The van der Waals surface area contributed by atoms with Crippen LogP contribution in [0.3, 0.4) is 0 Å². The predicted octanol–water partition coefficient (Wildman–Crippen LogP) is 2.84. The van der Waals surface area contributed by atoms with Crippen molar-refractivity contribution in [1.82, 2.24) is 0 Å². The van der Waals surface area contributed by atoms with Gasteiger partial charge in [0.25, 0.3) is 0 Å². The van der Waals surface area contributed by atoms with E-state index in [1.54, 1.807) is 24.3 Å². The van der Waals surface area contributed by atoms with Gasteiger partial charge in [0.05, 0.1) is 0 Å². The summed E-state index contributed by atoms with van der Waals surface area (Å²) in [6.45, 7) is 6.42. The van der Waals surface area contributed by atoms with Crippen LogP contribution in [0.2, 0.25) is 0 Å². The van der Waals surface area contributed by atoms with Crippen LogP contribution in [-0.2, 0) is 0 Å². The Morgan fingerprint density at radius 2 is 2.07 bits per heavy atom. The van der Waals surface area contributed by atoms with E-state index in [0.717, 1.165) is 24.0 Å². The van der Waals surface area contributed by atoms with Crippen LogP contribution >= 0.6 is 0 Å². The minimum absolute atomic E-state index is 0.539. The highest BCUT2D eigenvalue weighted by atomic mass is 16.5. The number of hydrogen-bond donors (Lipinski definition) is 0. The summed E-state index contributed by atoms with van der Waals surface area (Å²) >= 11 is 0. The van der Waals surface area contributed by atoms with E-state index in [9.17, 15) is 4.79 Å². The summed E-state index contributed by atoms with van der Waals surface area (Å²) in [4.78, 5) is 10.4. The van der Waals surface area contributed by atoms with E-state index in [0.29, 0.717) is 12.2 Å². The molecule has 14 heavy (non-hydrogen) atoms. The zero-order valence-corrected chi connectivity index (χ0v) is 8.32. The first kappa shape index (κ1) is 10.5. The normalized spacial score (nSPS) is 9.50. The van der Waals surface area contributed by atoms with Gasteiger partial charge < -0.3 is 4.74 Å². The van der Waals surface area contributed by atoms with Crippen molar-refractivity contribution in [2.24, 2.45) is 0 Å². The van der Waals surface area contributed by atoms with Crippen LogP contribution in [0.1, 0.15) is 23.7 Å². The van der Waals surface area contributed by atoms with Crippen LogP contribution in [-0.4, -0.2) is 12.9 Å². The zero-order chi connectivity index (χ0) is 10.4. The highest BCUT2D eigenvalue weighted by Gasteiger charge is 1.95. The van der Waals surface area contributed by atoms with E-state index in [1.807, 2.05) is 6.92 Å². The molecule has 1 aromatic carbocycles. The molecule has 0 unspecified atom stereocenters. The third-order valence-corrected chi connectivity index (χ3v) is 1.96. The fraction of sp³-hybridized carbons (Fsp3) is 0.250. The minimum atomic E-state index is 0.539. The molecule has 0 amide bonds. The molecule has 0 N–H and O–H groups in total. The molecule has 0 spiro atoms. The molecule has 0 aromatic heterocycles. The highest BCUT2D eigenvalue weighted by Crippen LogP contribution is 2.12. The molecule has 0 radical (unpaired) electrons. The summed E-state index contributed by atoms with van der Waals surface area (Å²) < 4.78 is 5.44. The first-order valence-electron chi connectivity index (χ1n) is 4.61. The second-order valence-electron chi connectivity index (χ2n) is 3.08. The molecule has 0 aliphatic heterocycles. The number of hydrogen-bond acceptors (Lipinski definition) is 2. The van der Waals surface area contributed by atoms with Crippen LogP contribution in [0.15, 0.2) is 36.4 Å². The largest absolute Gasteiger partial charge is 0.489 e. The lowest BCUT2D eigenvalue weighted by molar-refractivity contribution is 0.112. The van der Waals surface area contributed by atoms with E-state index in [2.05, 4.69) is 6.58 Å². The van der Waals surface area contributed by atoms with Crippen LogP contribution in [0.5, 0.6) is 5.75 Å². The summed E-state index contributed by atoms with van der Waals surface area (Å²) in [7, 11) is 0. The van der Waals surface area contributed by atoms with E-state index >= 15 is 0 Å². The molecular weight excluding hydrogens is 176 g/mol. The molecule has 0 bridgehead atoms. The fourth-order valence-electron chi connectivity index (χ4n) is 0.930. The van der Waals surface area contributed by atoms with Crippen molar-refractivity contribution in [2.75, 3.05) is 6.61 Å². The lowest BCUT2D eigenvalue weighted by atomic mass is 10.2. The van der Waals surface area contributed by atoms with E-state index < -0.39 is 0 Å². The Morgan fingerprint density at radius 1 is 1.43 bits per heavy atom. The van der Waals surface area contributed by atoms with Crippen molar-refractivity contribution in [1.29, 1.82) is 0 Å². The third-order valence-electron chi connectivity index (χ3n) is 1.96. The number of benzene rings is 1. The molecular formula is C12H14O2. The average molecular weight is 190 g/mol. The molecule has 0 saturated carbocycles. The zero-order valence-electron chi connectivity index (χ0n) is 8.32. The van der Waals surface area contributed by atoms with Crippen molar-refractivity contribution in [3.8, 4) is 5.75 Å². The predicted molar refractivity (Wildman–Crippen MR) is 56.8 cm³/mol. The number of carbonyl (C=O) groups is 1. The molecule has 74 valence electrons. The number of aldehydes is 1. The summed E-state index contributed by atoms with van der Waals surface area (Å²) in [6.07, 6.45) is 1.74. The maximum atomic E-state index is 10.4. The van der Waals surface area contributed by atoms with Crippen molar-refractivity contribution < 1.29 is 9.53 Å². The van der Waals surface area contributed by atoms with Gasteiger partial charge in [-0.05, 0) is 36.3 Å². The Labute approximate surface area is 84.2 Å². The fourth-order valence-corrected chi connectivity index (χ4v) is 0.930. The first-order valence-corrected chi connectivity index (χ1v) is 4.61. The Bertz CT molecular complexity index is 312. The van der Waals surface area contributed by atoms with Crippen molar-refractivity contribution in [2.45, 2.75) is 13.3 Å². The van der Waals surface area contributed by atoms with Gasteiger partial charge in [0.15, 0.2) is 0 Å². The highest BCUT2D eigenvalue weighted by molar-refractivity contribution is 5.74. The summed E-state index contributed by atoms with van der Waals surface area (Å²) in [5, 5.41) is 0. The van der Waals surface area contributed by atoms with Crippen LogP contribution < -0.4 is 4.74 Å². The van der Waals surface area contributed by atoms with E-state index in [1.165, 1.54) is 0 Å². The van der Waals surface area contributed by atoms with Gasteiger partial charge in [0.1, 0.15) is 18.6 Å². The minimum Gasteiger partial charge on any atom is -0.489 e. The topological polar surface area (TPSA) is 26.3 Å². The molecule has 0 aliphatic rings. The van der Waals surface area contributed by atoms with Crippen molar-refractivity contribution in [3.63, 3.8) is 0 Å². The van der Waals surface area contributed by atoms with Gasteiger partial charge in [-0.15, -0.1) is 0 Å². The smallest absolute Gasteiger partial charge is 0.150 e. The number of carbonyl (C=O) groups excluding carboxylic acids is 1. The average Bonchev–Trinajstić information content (AvgIpc) is 2.26. The van der Waals surface area contributed by atoms with Gasteiger partial charge in [0.2, 0.25) is 0 Å². The van der Waals surface area contributed by atoms with Gasteiger partial charge in [-0.3, -0.25) is 4.79 Å². The maximum absolute atomic E-state index is 10.4. The van der Waals surface area contributed by atoms with Gasteiger partial charge in [0, 0.05) is 5.56 Å². The third kappa shape index (κ3) is 3.05. The molecule has 0 aliphatic carbocycles. The van der Waals surface area contributed by atoms with E-state index in [-0.39, 0.29) is 0 Å². The monoisotopic (exact) mass is 190 g/mol. The lowest BCUT2D eigenvalue weighted by Gasteiger charge is -2.06. The SMILES string of the molecule is C=C(CC)COc1ccc(C=O)cc1. The number of rotatable bonds is 5. The molecule has 2 nitrogen and oxygen atoms in total. The van der Waals surface area contributed by atoms with Gasteiger partial charge in [-0.1, -0.05) is 13.5 Å². The Morgan fingerprint density at radius 3 is 2.57 bits per heavy atom. The van der Waals surface area contributed by atoms with Gasteiger partial charge in [-0.25, -0.2) is 0 Å². The van der Waals surface area contributed by atoms with E-state index in [4.69, 9.17) is 4.74 Å². The second kappa shape index (κ2) is 5.22. The quantitative estimate of drug-likeness (QED) is 0.527. The molecule has 1 aromatic rings. The van der Waals surface area contributed by atoms with Gasteiger partial charge in [-0.2, -0.15) is 0 Å². The maximum Gasteiger partial charge on any atom is 0.150 e. The van der Waals surface area contributed by atoms with Gasteiger partial charge >= 0.3 is 0 Å². The Kier molecular flexibility index (Phi) is 3.92. The summed E-state index contributed by atoms with van der Waals surface area (Å²) in [5.74, 6) is 0.769. The Balaban J connectivity index is 2.51. The lowest BCUT2D eigenvalue weighted by Crippen LogP contribution is -1.99. The van der Waals surface area contributed by atoms with Crippen LogP contribution in [0, 0.1) is 0 Å².